The van der Waals surface area contributed by atoms with Gasteiger partial charge in [0, 0.05) is 6.21 Å². The minimum absolute atomic E-state index is 0.169. The Bertz CT molecular complexity index is 911. The highest BCUT2D eigenvalue weighted by Gasteiger charge is 2.09. The number of H-pyrrole nitrogens is 2. The van der Waals surface area contributed by atoms with Crippen LogP contribution in [0.4, 0.5) is 5.69 Å². The number of carbonyl (C=O) groups excluding carboxylic acids is 1. The van der Waals surface area contributed by atoms with Crippen LogP contribution in [-0.2, 0) is 4.74 Å². The van der Waals surface area contributed by atoms with E-state index in [2.05, 4.69) is 23.8 Å². The Kier molecular flexibility index (Phi) is 7.07. The number of esters is 1. The van der Waals surface area contributed by atoms with Crippen LogP contribution in [0, 0.1) is 0 Å². The zero-order valence-corrected chi connectivity index (χ0v) is 15.2. The van der Waals surface area contributed by atoms with E-state index >= 15 is 0 Å². The van der Waals surface area contributed by atoms with Gasteiger partial charge in [0.05, 0.1) is 24.3 Å². The SMILES string of the molecule is CC[NH+](CC)CCOC(=O)c1ccc(N=Cc2c(O)[nH]c(=O)[nH]c2=O)cc1. The Morgan fingerprint density at radius 3 is 2.44 bits per heavy atom. The second-order valence-electron chi connectivity index (χ2n) is 5.82. The number of quaternary nitrogens is 1. The number of hydrogen-bond acceptors (Lipinski definition) is 6. The maximum Gasteiger partial charge on any atom is 0.338 e. The molecule has 0 spiro atoms. The van der Waals surface area contributed by atoms with Crippen LogP contribution in [-0.4, -0.2) is 53.5 Å². The topological polar surface area (TPSA) is 129 Å². The number of nitrogens with one attached hydrogen (secondary N) is 3. The second-order valence-corrected chi connectivity index (χ2v) is 5.82. The molecule has 144 valence electrons. The molecule has 4 N–H and O–H groups in total. The molecule has 27 heavy (non-hydrogen) atoms. The summed E-state index contributed by atoms with van der Waals surface area (Å²) in [4.78, 5) is 44.2. The van der Waals surface area contributed by atoms with E-state index in [0.29, 0.717) is 17.9 Å². The molecule has 0 aliphatic carbocycles. The van der Waals surface area contributed by atoms with Gasteiger partial charge in [0.1, 0.15) is 18.7 Å². The summed E-state index contributed by atoms with van der Waals surface area (Å²) in [6.45, 7) is 7.24. The average molecular weight is 375 g/mol. The number of likely N-dealkylation sites (N-methyl/N-ethyl adjacent to an activating group) is 1. The number of ether oxygens (including phenoxy) is 1. The van der Waals surface area contributed by atoms with Crippen molar-refractivity contribution in [1.82, 2.24) is 9.97 Å². The molecule has 0 fully saturated rings. The van der Waals surface area contributed by atoms with Gasteiger partial charge in [-0.2, -0.15) is 0 Å². The highest BCUT2D eigenvalue weighted by atomic mass is 16.5. The minimum Gasteiger partial charge on any atom is -0.494 e. The van der Waals surface area contributed by atoms with Crippen LogP contribution < -0.4 is 16.1 Å². The Morgan fingerprint density at radius 1 is 1.19 bits per heavy atom. The third-order valence-corrected chi connectivity index (χ3v) is 4.09. The van der Waals surface area contributed by atoms with Gasteiger partial charge >= 0.3 is 11.7 Å². The van der Waals surface area contributed by atoms with Gasteiger partial charge in [-0.15, -0.1) is 0 Å². The number of hydrogen-bond donors (Lipinski definition) is 4. The van der Waals surface area contributed by atoms with Crippen molar-refractivity contribution in [3.8, 4) is 5.88 Å². The van der Waals surface area contributed by atoms with Crippen molar-refractivity contribution >= 4 is 17.9 Å². The van der Waals surface area contributed by atoms with Crippen molar-refractivity contribution in [2.75, 3.05) is 26.2 Å². The summed E-state index contributed by atoms with van der Waals surface area (Å²) >= 11 is 0. The summed E-state index contributed by atoms with van der Waals surface area (Å²) < 4.78 is 5.26. The van der Waals surface area contributed by atoms with Crippen molar-refractivity contribution < 1.29 is 19.5 Å². The van der Waals surface area contributed by atoms with Crippen molar-refractivity contribution in [3.63, 3.8) is 0 Å². The first-order chi connectivity index (χ1) is 12.9. The lowest BCUT2D eigenvalue weighted by molar-refractivity contribution is -0.896. The van der Waals surface area contributed by atoms with Crippen LogP contribution in [0.2, 0.25) is 0 Å². The third kappa shape index (κ3) is 5.65. The number of aromatic hydroxyl groups is 1. The van der Waals surface area contributed by atoms with Crippen LogP contribution in [0.1, 0.15) is 29.8 Å². The minimum atomic E-state index is -0.805. The van der Waals surface area contributed by atoms with E-state index in [1.165, 1.54) is 4.90 Å². The molecule has 0 amide bonds. The van der Waals surface area contributed by atoms with Crippen LogP contribution >= 0.6 is 0 Å². The van der Waals surface area contributed by atoms with Crippen molar-refractivity contribution in [3.05, 3.63) is 56.2 Å². The lowest BCUT2D eigenvalue weighted by Crippen LogP contribution is -3.11. The predicted molar refractivity (Wildman–Crippen MR) is 100 cm³/mol. The van der Waals surface area contributed by atoms with E-state index in [1.54, 1.807) is 24.3 Å². The van der Waals surface area contributed by atoms with E-state index in [4.69, 9.17) is 4.74 Å². The zero-order valence-electron chi connectivity index (χ0n) is 15.2. The highest BCUT2D eigenvalue weighted by Crippen LogP contribution is 2.14. The van der Waals surface area contributed by atoms with Crippen LogP contribution in [0.15, 0.2) is 38.8 Å². The fourth-order valence-corrected chi connectivity index (χ4v) is 2.40. The molecule has 1 aromatic heterocycles. The standard InChI is InChI=1S/C18H22N4O5/c1-3-22(4-2)9-10-27-17(25)12-5-7-13(8-6-12)19-11-14-15(23)20-18(26)21-16(14)24/h5-8,11H,3-4,9-10H2,1-2H3,(H3,20,21,23,24,26)/p+1. The van der Waals surface area contributed by atoms with Crippen LogP contribution in [0.3, 0.4) is 0 Å². The normalized spacial score (nSPS) is 11.2. The Balaban J connectivity index is 2.00. The number of carbonyl (C=O) groups is 1. The Hall–Kier alpha value is -3.20. The lowest BCUT2D eigenvalue weighted by Gasteiger charge is -2.14. The molecule has 0 unspecified atom stereocenters. The Labute approximate surface area is 155 Å². The van der Waals surface area contributed by atoms with Crippen LogP contribution in [0.5, 0.6) is 5.88 Å². The maximum atomic E-state index is 12.0. The molecule has 0 saturated heterocycles. The smallest absolute Gasteiger partial charge is 0.338 e. The largest absolute Gasteiger partial charge is 0.494 e. The summed E-state index contributed by atoms with van der Waals surface area (Å²) in [6.07, 6.45) is 1.13. The Morgan fingerprint density at radius 2 is 1.85 bits per heavy atom. The number of aromatic nitrogens is 2. The summed E-state index contributed by atoms with van der Waals surface area (Å²) in [5.41, 5.74) is -0.870. The van der Waals surface area contributed by atoms with E-state index in [-0.39, 0.29) is 5.56 Å². The molecule has 2 aromatic rings. The number of nitrogens with zero attached hydrogens (tertiary/aromatic N) is 1. The molecule has 0 bridgehead atoms. The van der Waals surface area contributed by atoms with Gasteiger partial charge in [0.15, 0.2) is 0 Å². The molecule has 9 nitrogen and oxygen atoms in total. The summed E-state index contributed by atoms with van der Waals surface area (Å²) in [7, 11) is 0. The average Bonchev–Trinajstić information content (AvgIpc) is 2.64. The van der Waals surface area contributed by atoms with Gasteiger partial charge in [-0.1, -0.05) is 0 Å². The number of aliphatic imine (C=N–C) groups is 1. The van der Waals surface area contributed by atoms with E-state index < -0.39 is 23.1 Å². The molecule has 0 saturated carbocycles. The first-order valence-corrected chi connectivity index (χ1v) is 8.65. The lowest BCUT2D eigenvalue weighted by atomic mass is 10.2. The van der Waals surface area contributed by atoms with Gasteiger partial charge < -0.3 is 14.7 Å². The van der Waals surface area contributed by atoms with Gasteiger partial charge in [-0.25, -0.2) is 9.59 Å². The molecule has 1 aromatic carbocycles. The first-order valence-electron chi connectivity index (χ1n) is 8.65. The quantitative estimate of drug-likeness (QED) is 0.369. The summed E-state index contributed by atoms with van der Waals surface area (Å²) in [6, 6.07) is 6.30. The van der Waals surface area contributed by atoms with E-state index in [0.717, 1.165) is 25.8 Å². The zero-order chi connectivity index (χ0) is 19.8. The maximum absolute atomic E-state index is 12.0. The van der Waals surface area contributed by atoms with E-state index in [9.17, 15) is 19.5 Å². The predicted octanol–water partition coefficient (Wildman–Crippen LogP) is -0.399. The summed E-state index contributed by atoms with van der Waals surface area (Å²) in [5, 5.41) is 9.59. The molecular weight excluding hydrogens is 352 g/mol. The van der Waals surface area contributed by atoms with Crippen molar-refractivity contribution in [1.29, 1.82) is 0 Å². The van der Waals surface area contributed by atoms with Gasteiger partial charge in [-0.05, 0) is 38.1 Å². The fraction of sp³-hybridized carbons (Fsp3) is 0.333. The third-order valence-electron chi connectivity index (χ3n) is 4.09. The monoisotopic (exact) mass is 375 g/mol. The van der Waals surface area contributed by atoms with Gasteiger partial charge in [-0.3, -0.25) is 19.8 Å². The molecule has 0 radical (unpaired) electrons. The van der Waals surface area contributed by atoms with E-state index in [1.807, 2.05) is 4.98 Å². The van der Waals surface area contributed by atoms with Crippen molar-refractivity contribution in [2.45, 2.75) is 13.8 Å². The molecule has 9 heteroatoms. The van der Waals surface area contributed by atoms with Gasteiger partial charge in [0.2, 0.25) is 5.88 Å². The number of rotatable bonds is 8. The number of aromatic amines is 2. The van der Waals surface area contributed by atoms with Crippen molar-refractivity contribution in [2.24, 2.45) is 4.99 Å². The second kappa shape index (κ2) is 9.48. The summed E-state index contributed by atoms with van der Waals surface area (Å²) in [5.74, 6) is -0.977. The molecule has 1 heterocycles. The first kappa shape index (κ1) is 20.1. The number of benzene rings is 1. The molecule has 0 atom stereocenters. The molecule has 0 aliphatic rings. The molecular formula is C18H23N4O5+. The van der Waals surface area contributed by atoms with Gasteiger partial charge in [0.25, 0.3) is 5.56 Å². The fourth-order valence-electron chi connectivity index (χ4n) is 2.40. The molecule has 0 aliphatic heterocycles. The van der Waals surface area contributed by atoms with Crippen LogP contribution in [0.25, 0.3) is 0 Å². The molecule has 2 rings (SSSR count). The highest BCUT2D eigenvalue weighted by molar-refractivity contribution is 5.90.